The lowest BCUT2D eigenvalue weighted by Gasteiger charge is -2.09. The average Bonchev–Trinajstić information content (AvgIpc) is 2.39. The molecule has 2 aromatic rings. The van der Waals surface area contributed by atoms with Crippen molar-refractivity contribution in [2.24, 2.45) is 0 Å². The van der Waals surface area contributed by atoms with Gasteiger partial charge in [0.1, 0.15) is 0 Å². The number of rotatable bonds is 3. The lowest BCUT2D eigenvalue weighted by Crippen LogP contribution is -2.21. The standard InChI is InChI=1S/C12H12N2O3/c1-16-10-8-11(15)14(13-12(10)17-2)9-6-4-3-5-7-9/h3-8H,1-2H3. The molecule has 0 amide bonds. The van der Waals surface area contributed by atoms with Crippen LogP contribution in [0.15, 0.2) is 41.2 Å². The summed E-state index contributed by atoms with van der Waals surface area (Å²) in [5.41, 5.74) is 0.410. The summed E-state index contributed by atoms with van der Waals surface area (Å²) in [4.78, 5) is 11.8. The van der Waals surface area contributed by atoms with Crippen LogP contribution in [-0.2, 0) is 0 Å². The first-order valence-electron chi connectivity index (χ1n) is 5.04. The Morgan fingerprint density at radius 2 is 1.82 bits per heavy atom. The van der Waals surface area contributed by atoms with Crippen LogP contribution in [0.5, 0.6) is 11.6 Å². The Bertz CT molecular complexity index is 564. The van der Waals surface area contributed by atoms with Gasteiger partial charge < -0.3 is 9.47 Å². The fraction of sp³-hybridized carbons (Fsp3) is 0.167. The van der Waals surface area contributed by atoms with E-state index in [0.29, 0.717) is 11.4 Å². The van der Waals surface area contributed by atoms with E-state index in [9.17, 15) is 4.79 Å². The normalized spacial score (nSPS) is 10.0. The minimum Gasteiger partial charge on any atom is -0.491 e. The van der Waals surface area contributed by atoms with Crippen LogP contribution in [0.4, 0.5) is 0 Å². The highest BCUT2D eigenvalue weighted by Gasteiger charge is 2.10. The third kappa shape index (κ3) is 2.13. The van der Waals surface area contributed by atoms with Crippen molar-refractivity contribution in [1.29, 1.82) is 0 Å². The van der Waals surface area contributed by atoms with Gasteiger partial charge in [-0.2, -0.15) is 4.68 Å². The molecule has 0 unspecified atom stereocenters. The van der Waals surface area contributed by atoms with Crippen LogP contribution in [0.2, 0.25) is 0 Å². The molecule has 0 aliphatic heterocycles. The lowest BCUT2D eigenvalue weighted by molar-refractivity contribution is 0.333. The summed E-state index contributed by atoms with van der Waals surface area (Å²) in [7, 11) is 2.94. The van der Waals surface area contributed by atoms with Crippen LogP contribution in [0.25, 0.3) is 5.69 Å². The summed E-state index contributed by atoms with van der Waals surface area (Å²) in [5.74, 6) is 0.598. The highest BCUT2D eigenvalue weighted by molar-refractivity contribution is 5.35. The molecule has 0 saturated carbocycles. The minimum absolute atomic E-state index is 0.270. The van der Waals surface area contributed by atoms with Crippen molar-refractivity contribution in [1.82, 2.24) is 9.78 Å². The molecule has 0 atom stereocenters. The molecule has 0 aliphatic carbocycles. The maximum absolute atomic E-state index is 11.8. The van der Waals surface area contributed by atoms with Gasteiger partial charge >= 0.3 is 0 Å². The van der Waals surface area contributed by atoms with E-state index in [2.05, 4.69) is 5.10 Å². The smallest absolute Gasteiger partial charge is 0.275 e. The second-order valence-electron chi connectivity index (χ2n) is 3.31. The van der Waals surface area contributed by atoms with Crippen molar-refractivity contribution < 1.29 is 9.47 Å². The van der Waals surface area contributed by atoms with Gasteiger partial charge in [0.05, 0.1) is 26.0 Å². The van der Waals surface area contributed by atoms with Gasteiger partial charge in [0.2, 0.25) is 0 Å². The first-order chi connectivity index (χ1) is 8.26. The van der Waals surface area contributed by atoms with Gasteiger partial charge in [-0.1, -0.05) is 18.2 Å². The Kier molecular flexibility index (Phi) is 3.09. The minimum atomic E-state index is -0.270. The van der Waals surface area contributed by atoms with Crippen LogP contribution >= 0.6 is 0 Å². The monoisotopic (exact) mass is 232 g/mol. The molecule has 0 spiro atoms. The summed E-state index contributed by atoms with van der Waals surface area (Å²) in [6, 6.07) is 10.5. The Balaban J connectivity index is 2.60. The Hall–Kier alpha value is -2.30. The van der Waals surface area contributed by atoms with Gasteiger partial charge in [0, 0.05) is 0 Å². The van der Waals surface area contributed by atoms with Gasteiger partial charge in [0.15, 0.2) is 5.75 Å². The summed E-state index contributed by atoms with van der Waals surface area (Å²) in [6.45, 7) is 0. The van der Waals surface area contributed by atoms with Gasteiger partial charge in [-0.3, -0.25) is 4.79 Å². The van der Waals surface area contributed by atoms with Crippen molar-refractivity contribution in [2.45, 2.75) is 0 Å². The first kappa shape index (κ1) is 11.2. The third-order valence-electron chi connectivity index (χ3n) is 2.28. The second kappa shape index (κ2) is 4.69. The number of benzene rings is 1. The molecular weight excluding hydrogens is 220 g/mol. The van der Waals surface area contributed by atoms with E-state index in [1.54, 1.807) is 12.1 Å². The second-order valence-corrected chi connectivity index (χ2v) is 3.31. The Labute approximate surface area is 98.2 Å². The van der Waals surface area contributed by atoms with Crippen molar-refractivity contribution in [3.05, 3.63) is 46.8 Å². The number of ether oxygens (including phenoxy) is 2. The van der Waals surface area contributed by atoms with Gasteiger partial charge in [0.25, 0.3) is 11.4 Å². The molecule has 2 rings (SSSR count). The lowest BCUT2D eigenvalue weighted by atomic mass is 10.3. The SMILES string of the molecule is COc1cc(=O)n(-c2ccccc2)nc1OC. The van der Waals surface area contributed by atoms with Crippen LogP contribution < -0.4 is 15.0 Å². The molecule has 17 heavy (non-hydrogen) atoms. The van der Waals surface area contributed by atoms with Gasteiger partial charge in [-0.25, -0.2) is 0 Å². The van der Waals surface area contributed by atoms with Crippen molar-refractivity contribution in [2.75, 3.05) is 14.2 Å². The average molecular weight is 232 g/mol. The highest BCUT2D eigenvalue weighted by Crippen LogP contribution is 2.21. The van der Waals surface area contributed by atoms with E-state index in [1.165, 1.54) is 25.0 Å². The summed E-state index contributed by atoms with van der Waals surface area (Å²) < 4.78 is 11.3. The Morgan fingerprint density at radius 3 is 2.41 bits per heavy atom. The number of methoxy groups -OCH3 is 2. The molecule has 0 aliphatic rings. The number of hydrogen-bond acceptors (Lipinski definition) is 4. The van der Waals surface area contributed by atoms with Crippen molar-refractivity contribution >= 4 is 0 Å². The first-order valence-corrected chi connectivity index (χ1v) is 5.04. The Morgan fingerprint density at radius 1 is 1.12 bits per heavy atom. The molecule has 0 bridgehead atoms. The molecule has 1 aromatic heterocycles. The van der Waals surface area contributed by atoms with Crippen LogP contribution in [0.3, 0.4) is 0 Å². The van der Waals surface area contributed by atoms with Gasteiger partial charge in [-0.15, -0.1) is 5.10 Å². The highest BCUT2D eigenvalue weighted by atomic mass is 16.5. The van der Waals surface area contributed by atoms with E-state index in [-0.39, 0.29) is 11.4 Å². The molecule has 0 fully saturated rings. The zero-order valence-electron chi connectivity index (χ0n) is 9.58. The third-order valence-corrected chi connectivity index (χ3v) is 2.28. The predicted octanol–water partition coefficient (Wildman–Crippen LogP) is 1.25. The summed E-state index contributed by atoms with van der Waals surface area (Å²) >= 11 is 0. The molecule has 88 valence electrons. The fourth-order valence-electron chi connectivity index (χ4n) is 1.47. The predicted molar refractivity (Wildman–Crippen MR) is 62.9 cm³/mol. The quantitative estimate of drug-likeness (QED) is 0.799. The zero-order valence-corrected chi connectivity index (χ0v) is 9.58. The fourth-order valence-corrected chi connectivity index (χ4v) is 1.47. The largest absolute Gasteiger partial charge is 0.491 e. The molecule has 1 aromatic carbocycles. The topological polar surface area (TPSA) is 53.4 Å². The molecule has 0 saturated heterocycles. The summed E-state index contributed by atoms with van der Waals surface area (Å²) in [5, 5.41) is 4.09. The molecule has 0 radical (unpaired) electrons. The molecular formula is C12H12N2O3. The van der Waals surface area contributed by atoms with E-state index < -0.39 is 0 Å². The number of aromatic nitrogens is 2. The summed E-state index contributed by atoms with van der Waals surface area (Å²) in [6.07, 6.45) is 0. The van der Waals surface area contributed by atoms with E-state index in [1.807, 2.05) is 18.2 Å². The maximum atomic E-state index is 11.8. The van der Waals surface area contributed by atoms with Crippen LogP contribution in [0.1, 0.15) is 0 Å². The van der Waals surface area contributed by atoms with E-state index in [4.69, 9.17) is 9.47 Å². The van der Waals surface area contributed by atoms with E-state index in [0.717, 1.165) is 0 Å². The molecule has 0 N–H and O–H groups in total. The molecule has 5 nitrogen and oxygen atoms in total. The number of para-hydroxylation sites is 1. The van der Waals surface area contributed by atoms with Gasteiger partial charge in [-0.05, 0) is 12.1 Å². The van der Waals surface area contributed by atoms with E-state index >= 15 is 0 Å². The van der Waals surface area contributed by atoms with Crippen molar-refractivity contribution in [3.8, 4) is 17.3 Å². The maximum Gasteiger partial charge on any atom is 0.275 e. The molecule has 5 heteroatoms. The zero-order chi connectivity index (χ0) is 12.3. The number of nitrogens with zero attached hydrogens (tertiary/aromatic N) is 2. The number of hydrogen-bond donors (Lipinski definition) is 0. The molecule has 1 heterocycles. The van der Waals surface area contributed by atoms with Crippen molar-refractivity contribution in [3.63, 3.8) is 0 Å². The van der Waals surface area contributed by atoms with Crippen LogP contribution in [0, 0.1) is 0 Å². The van der Waals surface area contributed by atoms with Crippen LogP contribution in [-0.4, -0.2) is 24.0 Å².